The molecular weight excluding hydrogens is 356 g/mol. The summed E-state index contributed by atoms with van der Waals surface area (Å²) < 4.78 is 0. The van der Waals surface area contributed by atoms with Gasteiger partial charge in [-0.15, -0.1) is 10.2 Å². The van der Waals surface area contributed by atoms with Gasteiger partial charge in [0.25, 0.3) is 0 Å². The summed E-state index contributed by atoms with van der Waals surface area (Å²) in [4.78, 5) is 31.2. The number of nitrogens with one attached hydrogen (secondary N) is 2. The Balaban J connectivity index is 1.53. The van der Waals surface area contributed by atoms with Crippen LogP contribution in [0.4, 0.5) is 11.6 Å². The topological polar surface area (TPSA) is 113 Å². The van der Waals surface area contributed by atoms with Crippen molar-refractivity contribution in [2.75, 3.05) is 16.8 Å². The van der Waals surface area contributed by atoms with Gasteiger partial charge in [-0.2, -0.15) is 0 Å². The second-order valence-corrected chi connectivity index (χ2v) is 7.21. The Kier molecular flexibility index (Phi) is 4.00. The molecule has 1 fully saturated rings. The number of rotatable bonds is 3. The highest BCUT2D eigenvalue weighted by molar-refractivity contribution is 5.99. The fourth-order valence-electron chi connectivity index (χ4n) is 4.01. The van der Waals surface area contributed by atoms with Gasteiger partial charge in [0.2, 0.25) is 5.91 Å². The van der Waals surface area contributed by atoms with Crippen molar-refractivity contribution in [2.24, 2.45) is 0 Å². The summed E-state index contributed by atoms with van der Waals surface area (Å²) in [5.74, 6) is 1.88. The molecule has 142 valence electrons. The van der Waals surface area contributed by atoms with Crippen LogP contribution in [0.5, 0.6) is 0 Å². The lowest BCUT2D eigenvalue weighted by molar-refractivity contribution is -0.115. The minimum Gasteiger partial charge on any atom is -0.341 e. The zero-order valence-electron chi connectivity index (χ0n) is 15.5. The molecule has 1 amide bonds. The maximum Gasteiger partial charge on any atom is 0.245 e. The average molecular weight is 376 g/mol. The first-order valence-electron chi connectivity index (χ1n) is 9.47. The van der Waals surface area contributed by atoms with E-state index in [1.54, 1.807) is 6.20 Å². The summed E-state index contributed by atoms with van der Waals surface area (Å²) >= 11 is 0. The van der Waals surface area contributed by atoms with Crippen LogP contribution < -0.4 is 10.2 Å². The summed E-state index contributed by atoms with van der Waals surface area (Å²) in [6, 6.07) is 4.21. The molecule has 0 unspecified atom stereocenters. The monoisotopic (exact) mass is 376 g/mol. The van der Waals surface area contributed by atoms with Gasteiger partial charge < -0.3 is 15.2 Å². The number of hydrogen-bond donors (Lipinski definition) is 2. The van der Waals surface area contributed by atoms with Gasteiger partial charge in [0, 0.05) is 17.3 Å². The molecule has 0 atom stereocenters. The molecule has 0 bridgehead atoms. The molecule has 0 aromatic carbocycles. The van der Waals surface area contributed by atoms with Crippen LogP contribution in [0.3, 0.4) is 0 Å². The van der Waals surface area contributed by atoms with Crippen LogP contribution in [0.15, 0.2) is 24.7 Å². The van der Waals surface area contributed by atoms with Crippen LogP contribution in [-0.4, -0.2) is 48.6 Å². The highest BCUT2D eigenvalue weighted by Crippen LogP contribution is 2.34. The van der Waals surface area contributed by atoms with Crippen LogP contribution in [0.1, 0.15) is 31.4 Å². The molecule has 9 nitrogen and oxygen atoms in total. The minimum absolute atomic E-state index is 0.0318. The Morgan fingerprint density at radius 3 is 2.75 bits per heavy atom. The number of carbonyl (C=O) groups is 1. The van der Waals surface area contributed by atoms with E-state index < -0.39 is 0 Å². The predicted octanol–water partition coefficient (Wildman–Crippen LogP) is 2.33. The molecule has 5 rings (SSSR count). The lowest BCUT2D eigenvalue weighted by Gasteiger charge is -2.34. The maximum absolute atomic E-state index is 12.1. The minimum atomic E-state index is -0.0318. The number of aryl methyl sites for hydroxylation is 1. The van der Waals surface area contributed by atoms with Crippen molar-refractivity contribution in [3.05, 3.63) is 30.4 Å². The zero-order chi connectivity index (χ0) is 19.1. The quantitative estimate of drug-likeness (QED) is 0.721. The van der Waals surface area contributed by atoms with E-state index in [4.69, 9.17) is 4.98 Å². The van der Waals surface area contributed by atoms with E-state index in [-0.39, 0.29) is 5.91 Å². The Morgan fingerprint density at radius 1 is 1.14 bits per heavy atom. The van der Waals surface area contributed by atoms with Gasteiger partial charge in [0.05, 0.1) is 18.4 Å². The second kappa shape index (κ2) is 6.66. The van der Waals surface area contributed by atoms with Crippen molar-refractivity contribution in [1.29, 1.82) is 0 Å². The summed E-state index contributed by atoms with van der Waals surface area (Å²) in [5, 5.41) is 10.7. The van der Waals surface area contributed by atoms with E-state index in [9.17, 15) is 4.79 Å². The van der Waals surface area contributed by atoms with Crippen LogP contribution in [0, 0.1) is 6.92 Å². The van der Waals surface area contributed by atoms with Crippen molar-refractivity contribution in [3.8, 4) is 22.8 Å². The third-order valence-electron chi connectivity index (χ3n) is 5.38. The zero-order valence-corrected chi connectivity index (χ0v) is 15.5. The summed E-state index contributed by atoms with van der Waals surface area (Å²) in [6.45, 7) is 2.27. The Bertz CT molecular complexity index is 1030. The number of hydrogen-bond acceptors (Lipinski definition) is 7. The Labute approximate surface area is 161 Å². The lowest BCUT2D eigenvalue weighted by atomic mass is 10.1. The molecule has 0 saturated heterocycles. The van der Waals surface area contributed by atoms with Crippen molar-refractivity contribution in [3.63, 3.8) is 0 Å². The number of fused-ring (bicyclic) bond motifs is 1. The molecule has 2 aliphatic rings. The molecule has 1 aliphatic carbocycles. The highest BCUT2D eigenvalue weighted by atomic mass is 16.2. The van der Waals surface area contributed by atoms with Gasteiger partial charge in [-0.25, -0.2) is 15.0 Å². The van der Waals surface area contributed by atoms with Crippen LogP contribution in [-0.2, 0) is 4.79 Å². The fraction of sp³-hybridized carbons (Fsp3) is 0.368. The van der Waals surface area contributed by atoms with Gasteiger partial charge in [-0.05, 0) is 31.9 Å². The smallest absolute Gasteiger partial charge is 0.245 e. The molecule has 4 heterocycles. The first kappa shape index (κ1) is 16.8. The SMILES string of the molecule is Cc1nc(-c2nnc[nH]2)ccc1-c1cnc2c(n1)N(C1CCCC1)CC(=O)N2. The molecule has 9 heteroatoms. The van der Waals surface area contributed by atoms with Gasteiger partial charge in [-0.1, -0.05) is 12.8 Å². The molecule has 1 saturated carbocycles. The van der Waals surface area contributed by atoms with E-state index in [0.717, 1.165) is 41.3 Å². The van der Waals surface area contributed by atoms with E-state index in [0.29, 0.717) is 24.2 Å². The molecule has 28 heavy (non-hydrogen) atoms. The number of aromatic amines is 1. The Morgan fingerprint density at radius 2 is 2.00 bits per heavy atom. The number of pyridine rings is 1. The largest absolute Gasteiger partial charge is 0.341 e. The number of H-pyrrole nitrogens is 1. The second-order valence-electron chi connectivity index (χ2n) is 7.21. The van der Waals surface area contributed by atoms with E-state index >= 15 is 0 Å². The third kappa shape index (κ3) is 2.88. The molecule has 0 spiro atoms. The van der Waals surface area contributed by atoms with Crippen LogP contribution >= 0.6 is 0 Å². The summed E-state index contributed by atoms with van der Waals surface area (Å²) in [6.07, 6.45) is 7.78. The van der Waals surface area contributed by atoms with Crippen molar-refractivity contribution < 1.29 is 4.79 Å². The fourth-order valence-corrected chi connectivity index (χ4v) is 4.01. The van der Waals surface area contributed by atoms with Gasteiger partial charge in [0.15, 0.2) is 17.5 Å². The van der Waals surface area contributed by atoms with E-state index in [2.05, 4.69) is 35.4 Å². The molecule has 3 aromatic heterocycles. The van der Waals surface area contributed by atoms with Gasteiger partial charge >= 0.3 is 0 Å². The Hall–Kier alpha value is -3.36. The van der Waals surface area contributed by atoms with Crippen molar-refractivity contribution >= 4 is 17.5 Å². The first-order chi connectivity index (χ1) is 13.7. The van der Waals surface area contributed by atoms with Crippen LogP contribution in [0.2, 0.25) is 0 Å². The molecule has 2 N–H and O–H groups in total. The van der Waals surface area contributed by atoms with Crippen LogP contribution in [0.25, 0.3) is 22.8 Å². The first-order valence-corrected chi connectivity index (χ1v) is 9.47. The number of amides is 1. The number of aromatic nitrogens is 6. The number of nitrogens with zero attached hydrogens (tertiary/aromatic N) is 6. The maximum atomic E-state index is 12.1. The number of anilines is 2. The summed E-state index contributed by atoms with van der Waals surface area (Å²) in [5.41, 5.74) is 3.20. The van der Waals surface area contributed by atoms with Crippen molar-refractivity contribution in [2.45, 2.75) is 38.6 Å². The lowest BCUT2D eigenvalue weighted by Crippen LogP contribution is -2.44. The van der Waals surface area contributed by atoms with E-state index in [1.165, 1.54) is 19.2 Å². The number of carbonyl (C=O) groups excluding carboxylic acids is 1. The van der Waals surface area contributed by atoms with E-state index in [1.807, 2.05) is 19.1 Å². The molecule has 3 aromatic rings. The predicted molar refractivity (Wildman–Crippen MR) is 104 cm³/mol. The summed E-state index contributed by atoms with van der Waals surface area (Å²) in [7, 11) is 0. The van der Waals surface area contributed by atoms with Gasteiger partial charge in [-0.3, -0.25) is 4.79 Å². The molecule has 0 radical (unpaired) electrons. The normalized spacial score (nSPS) is 16.9. The third-order valence-corrected chi connectivity index (χ3v) is 5.38. The standard InChI is InChI=1S/C19H20N8O/c1-11-13(6-7-14(23-11)17-21-10-22-26-17)15-8-20-18-19(24-15)27(9-16(28)25-18)12-4-2-3-5-12/h6-8,10,12H,2-5,9H2,1H3,(H,20,25,28)(H,21,22,26). The average Bonchev–Trinajstić information content (AvgIpc) is 3.41. The van der Waals surface area contributed by atoms with Crippen molar-refractivity contribution in [1.82, 2.24) is 30.1 Å². The highest BCUT2D eigenvalue weighted by Gasteiger charge is 2.32. The van der Waals surface area contributed by atoms with Gasteiger partial charge in [0.1, 0.15) is 12.0 Å². The molecular formula is C19H20N8O. The molecule has 1 aliphatic heterocycles.